The summed E-state index contributed by atoms with van der Waals surface area (Å²) in [7, 11) is 0. The van der Waals surface area contributed by atoms with Crippen LogP contribution in [0.2, 0.25) is 0 Å². The van der Waals surface area contributed by atoms with Gasteiger partial charge in [-0.05, 0) is 67.4 Å². The van der Waals surface area contributed by atoms with E-state index in [1.807, 2.05) is 41.3 Å². The van der Waals surface area contributed by atoms with Gasteiger partial charge in [0, 0.05) is 31.1 Å². The third-order valence-corrected chi connectivity index (χ3v) is 6.37. The number of carbonyl (C=O) groups excluding carboxylic acids is 1. The summed E-state index contributed by atoms with van der Waals surface area (Å²) in [4.78, 5) is 18.1. The lowest BCUT2D eigenvalue weighted by Crippen LogP contribution is -2.42. The average Bonchev–Trinajstić information content (AvgIpc) is 3.51. The molecular weight excluding hydrogens is 380 g/mol. The molecule has 0 unspecified atom stereocenters. The lowest BCUT2D eigenvalue weighted by atomic mass is 10.1. The molecular formula is C24H28N2O4. The molecule has 3 aliphatic rings. The number of carbonyl (C=O) groups is 1. The molecule has 5 rings (SSSR count). The minimum atomic E-state index is 0.0744. The van der Waals surface area contributed by atoms with E-state index < -0.39 is 0 Å². The van der Waals surface area contributed by atoms with Crippen molar-refractivity contribution in [3.63, 3.8) is 0 Å². The Balaban J connectivity index is 1.40. The van der Waals surface area contributed by atoms with Crippen molar-refractivity contribution in [3.05, 3.63) is 53.1 Å². The molecule has 0 bridgehead atoms. The fourth-order valence-electron chi connectivity index (χ4n) is 4.75. The number of fused-ring (bicyclic) bond motifs is 2. The van der Waals surface area contributed by atoms with Gasteiger partial charge in [0.2, 0.25) is 6.79 Å². The topological polar surface area (TPSA) is 51.2 Å². The smallest absolute Gasteiger partial charge is 0.254 e. The van der Waals surface area contributed by atoms with Crippen LogP contribution in [0.25, 0.3) is 0 Å². The van der Waals surface area contributed by atoms with Crippen molar-refractivity contribution in [2.75, 3.05) is 33.0 Å². The first-order valence-corrected chi connectivity index (χ1v) is 10.9. The quantitative estimate of drug-likeness (QED) is 0.733. The fourth-order valence-corrected chi connectivity index (χ4v) is 4.75. The Morgan fingerprint density at radius 3 is 2.87 bits per heavy atom. The van der Waals surface area contributed by atoms with Crippen LogP contribution in [-0.4, -0.2) is 54.8 Å². The first-order valence-electron chi connectivity index (χ1n) is 10.9. The van der Waals surface area contributed by atoms with Crippen molar-refractivity contribution in [2.24, 2.45) is 0 Å². The Morgan fingerprint density at radius 2 is 1.97 bits per heavy atom. The molecule has 0 aliphatic carbocycles. The number of hydrogen-bond donors (Lipinski definition) is 0. The normalized spacial score (nSPS) is 19.6. The van der Waals surface area contributed by atoms with Crippen LogP contribution < -0.4 is 14.2 Å². The molecule has 2 aromatic carbocycles. The third kappa shape index (κ3) is 3.72. The highest BCUT2D eigenvalue weighted by Crippen LogP contribution is 2.33. The lowest BCUT2D eigenvalue weighted by Gasteiger charge is -2.30. The summed E-state index contributed by atoms with van der Waals surface area (Å²) in [5, 5.41) is 0. The summed E-state index contributed by atoms with van der Waals surface area (Å²) in [6, 6.07) is 12.2. The predicted molar refractivity (Wildman–Crippen MR) is 113 cm³/mol. The van der Waals surface area contributed by atoms with E-state index in [1.165, 1.54) is 6.42 Å². The maximum atomic E-state index is 13.6. The molecule has 1 saturated heterocycles. The Kier molecular flexibility index (Phi) is 5.25. The first-order chi connectivity index (χ1) is 14.7. The summed E-state index contributed by atoms with van der Waals surface area (Å²) in [6.07, 6.45) is 3.20. The van der Waals surface area contributed by atoms with E-state index in [-0.39, 0.29) is 12.7 Å². The molecule has 30 heavy (non-hydrogen) atoms. The third-order valence-electron chi connectivity index (χ3n) is 6.37. The van der Waals surface area contributed by atoms with Crippen molar-refractivity contribution < 1.29 is 19.0 Å². The number of amides is 1. The van der Waals surface area contributed by atoms with Gasteiger partial charge in [0.15, 0.2) is 11.5 Å². The lowest BCUT2D eigenvalue weighted by molar-refractivity contribution is 0.0692. The predicted octanol–water partition coefficient (Wildman–Crippen LogP) is 3.48. The van der Waals surface area contributed by atoms with Gasteiger partial charge in [-0.15, -0.1) is 0 Å². The fraction of sp³-hybridized carbons (Fsp3) is 0.458. The van der Waals surface area contributed by atoms with E-state index in [2.05, 4.69) is 11.8 Å². The zero-order chi connectivity index (χ0) is 20.5. The number of hydrogen-bond acceptors (Lipinski definition) is 5. The van der Waals surface area contributed by atoms with Crippen LogP contribution in [0.15, 0.2) is 36.4 Å². The molecule has 1 atom stereocenters. The Labute approximate surface area is 177 Å². The molecule has 2 aromatic rings. The minimum Gasteiger partial charge on any atom is -0.493 e. The minimum absolute atomic E-state index is 0.0744. The Morgan fingerprint density at radius 1 is 1.10 bits per heavy atom. The molecule has 6 heteroatoms. The van der Waals surface area contributed by atoms with Gasteiger partial charge in [0.05, 0.1) is 6.61 Å². The highest BCUT2D eigenvalue weighted by atomic mass is 16.7. The van der Waals surface area contributed by atoms with E-state index in [0.29, 0.717) is 19.2 Å². The molecule has 0 N–H and O–H groups in total. The van der Waals surface area contributed by atoms with Gasteiger partial charge in [-0.2, -0.15) is 0 Å². The molecule has 0 spiro atoms. The number of rotatable bonds is 6. The van der Waals surface area contributed by atoms with Crippen molar-refractivity contribution in [2.45, 2.75) is 38.8 Å². The second kappa shape index (κ2) is 8.19. The van der Waals surface area contributed by atoms with Crippen molar-refractivity contribution in [1.29, 1.82) is 0 Å². The zero-order valence-electron chi connectivity index (χ0n) is 17.4. The summed E-state index contributed by atoms with van der Waals surface area (Å²) >= 11 is 0. The van der Waals surface area contributed by atoms with Gasteiger partial charge in [-0.3, -0.25) is 9.69 Å². The molecule has 0 aromatic heterocycles. The monoisotopic (exact) mass is 408 g/mol. The highest BCUT2D eigenvalue weighted by molar-refractivity contribution is 5.94. The van der Waals surface area contributed by atoms with Gasteiger partial charge < -0.3 is 19.1 Å². The van der Waals surface area contributed by atoms with Gasteiger partial charge in [-0.1, -0.05) is 13.0 Å². The summed E-state index contributed by atoms with van der Waals surface area (Å²) in [5.74, 6) is 2.50. The molecule has 3 heterocycles. The molecule has 6 nitrogen and oxygen atoms in total. The number of nitrogens with zero attached hydrogens (tertiary/aromatic N) is 2. The summed E-state index contributed by atoms with van der Waals surface area (Å²) in [6.45, 7) is 6.57. The standard InChI is InChI=1S/C24H28N2O4/c1-2-25-10-3-4-20(25)15-26(14-17-5-7-22-23(12-17)30-16-29-22)24(27)19-6-8-21-18(13-19)9-11-28-21/h5-8,12-13,20H,2-4,9-11,14-16H2,1H3/t20-/m0/s1. The second-order valence-corrected chi connectivity index (χ2v) is 8.22. The molecule has 1 fully saturated rings. The van der Waals surface area contributed by atoms with Crippen LogP contribution in [0.5, 0.6) is 17.2 Å². The van der Waals surface area contributed by atoms with E-state index in [4.69, 9.17) is 14.2 Å². The van der Waals surface area contributed by atoms with E-state index >= 15 is 0 Å². The number of ether oxygens (including phenoxy) is 3. The van der Waals surface area contributed by atoms with Crippen LogP contribution in [-0.2, 0) is 13.0 Å². The number of likely N-dealkylation sites (N-methyl/N-ethyl adjacent to an activating group) is 1. The number of benzene rings is 2. The van der Waals surface area contributed by atoms with Gasteiger partial charge >= 0.3 is 0 Å². The highest BCUT2D eigenvalue weighted by Gasteiger charge is 2.28. The van der Waals surface area contributed by atoms with E-state index in [9.17, 15) is 4.79 Å². The summed E-state index contributed by atoms with van der Waals surface area (Å²) < 4.78 is 16.6. The maximum Gasteiger partial charge on any atom is 0.254 e. The first kappa shape index (κ1) is 19.2. The van der Waals surface area contributed by atoms with Crippen LogP contribution in [0.3, 0.4) is 0 Å². The molecule has 3 aliphatic heterocycles. The van der Waals surface area contributed by atoms with Gasteiger partial charge in [-0.25, -0.2) is 0 Å². The molecule has 0 saturated carbocycles. The maximum absolute atomic E-state index is 13.6. The van der Waals surface area contributed by atoms with E-state index in [1.54, 1.807) is 0 Å². The Bertz CT molecular complexity index is 945. The largest absolute Gasteiger partial charge is 0.493 e. The van der Waals surface area contributed by atoms with Crippen molar-refractivity contribution in [3.8, 4) is 17.2 Å². The molecule has 1 amide bonds. The Hall–Kier alpha value is -2.73. The zero-order valence-corrected chi connectivity index (χ0v) is 17.4. The van der Waals surface area contributed by atoms with Gasteiger partial charge in [0.25, 0.3) is 5.91 Å². The second-order valence-electron chi connectivity index (χ2n) is 8.22. The van der Waals surface area contributed by atoms with Crippen LogP contribution in [0.1, 0.15) is 41.3 Å². The van der Waals surface area contributed by atoms with Gasteiger partial charge in [0.1, 0.15) is 5.75 Å². The van der Waals surface area contributed by atoms with Crippen LogP contribution in [0, 0.1) is 0 Å². The SMILES string of the molecule is CCN1CCC[C@H]1CN(Cc1ccc2c(c1)OCO2)C(=O)c1ccc2c(c1)CCO2. The average molecular weight is 408 g/mol. The molecule has 0 radical (unpaired) electrons. The van der Waals surface area contributed by atoms with Crippen molar-refractivity contribution >= 4 is 5.91 Å². The van der Waals surface area contributed by atoms with E-state index in [0.717, 1.165) is 66.4 Å². The van der Waals surface area contributed by atoms with Crippen LogP contribution >= 0.6 is 0 Å². The summed E-state index contributed by atoms with van der Waals surface area (Å²) in [5.41, 5.74) is 2.92. The molecule has 158 valence electrons. The van der Waals surface area contributed by atoms with Crippen molar-refractivity contribution in [1.82, 2.24) is 9.80 Å². The van der Waals surface area contributed by atoms with Crippen LogP contribution in [0.4, 0.5) is 0 Å². The number of likely N-dealkylation sites (tertiary alicyclic amines) is 1.